The smallest absolute Gasteiger partial charge is 0.317 e. The van der Waals surface area contributed by atoms with Crippen molar-refractivity contribution in [3.05, 3.63) is 0 Å². The van der Waals surface area contributed by atoms with Crippen LogP contribution in [0.3, 0.4) is 0 Å². The number of carbonyl (C=O) groups excluding carboxylic acids is 2. The molecule has 0 spiro atoms. The van der Waals surface area contributed by atoms with Gasteiger partial charge in [0.05, 0.1) is 51.9 Å². The van der Waals surface area contributed by atoms with Gasteiger partial charge in [-0.15, -0.1) is 0 Å². The summed E-state index contributed by atoms with van der Waals surface area (Å²) in [6, 6.07) is 0. The molecule has 0 rings (SSSR count). The Morgan fingerprint density at radius 2 is 0.600 bits per heavy atom. The van der Waals surface area contributed by atoms with E-state index in [0.717, 1.165) is 19.6 Å². The quantitative estimate of drug-likeness (QED) is 0.0720. The number of nitrogens with zero attached hydrogens (tertiary/aromatic N) is 4. The molecule has 6 N–H and O–H groups in total. The minimum Gasteiger partial charge on any atom is -0.481 e. The monoisotopic (exact) mass is 578 g/mol. The van der Waals surface area contributed by atoms with Gasteiger partial charge in [0.1, 0.15) is 0 Å². The molecule has 0 saturated carbocycles. The molecule has 18 heteroatoms. The van der Waals surface area contributed by atoms with E-state index < -0.39 is 99.5 Å². The van der Waals surface area contributed by atoms with Crippen molar-refractivity contribution in [2.45, 2.75) is 25.7 Å². The first-order valence-electron chi connectivity index (χ1n) is 11.9. The van der Waals surface area contributed by atoms with Crippen molar-refractivity contribution in [2.24, 2.45) is 0 Å². The first-order chi connectivity index (χ1) is 18.6. The fourth-order valence-electron chi connectivity index (χ4n) is 3.32. The number of carbonyl (C=O) groups is 8. The zero-order chi connectivity index (χ0) is 30.8. The van der Waals surface area contributed by atoms with Gasteiger partial charge in [-0.1, -0.05) is 0 Å². The maximum absolute atomic E-state index is 12.7. The van der Waals surface area contributed by atoms with Crippen LogP contribution in [0.4, 0.5) is 0 Å². The SMILES string of the molecule is O=C(O)CCN(CCC(=O)O)C(=O)CN(CCN(CC(=O)O)CC(=O)N(CCC(=O)O)CCC(=O)O)CC(=O)O. The van der Waals surface area contributed by atoms with E-state index in [-0.39, 0.29) is 39.3 Å². The number of carboxylic acid groups (broad SMARTS) is 6. The number of aliphatic carboxylic acids is 6. The van der Waals surface area contributed by atoms with Gasteiger partial charge in [0, 0.05) is 39.3 Å². The van der Waals surface area contributed by atoms with Crippen LogP contribution in [-0.4, -0.2) is 163 Å². The Labute approximate surface area is 227 Å². The molecule has 0 bridgehead atoms. The average Bonchev–Trinajstić information content (AvgIpc) is 2.80. The van der Waals surface area contributed by atoms with E-state index in [9.17, 15) is 48.6 Å². The lowest BCUT2D eigenvalue weighted by Gasteiger charge is -2.29. The Morgan fingerprint density at radius 3 is 0.800 bits per heavy atom. The van der Waals surface area contributed by atoms with Gasteiger partial charge in [0.2, 0.25) is 11.8 Å². The summed E-state index contributed by atoms with van der Waals surface area (Å²) in [5.74, 6) is -9.23. The first-order valence-corrected chi connectivity index (χ1v) is 11.9. The fourth-order valence-corrected chi connectivity index (χ4v) is 3.32. The summed E-state index contributed by atoms with van der Waals surface area (Å²) in [7, 11) is 0. The highest BCUT2D eigenvalue weighted by Crippen LogP contribution is 2.03. The van der Waals surface area contributed by atoms with Crippen LogP contribution < -0.4 is 0 Å². The molecule has 0 heterocycles. The summed E-state index contributed by atoms with van der Waals surface area (Å²) in [6.07, 6.45) is -1.95. The Bertz CT molecular complexity index is 830. The van der Waals surface area contributed by atoms with Crippen LogP contribution in [0.25, 0.3) is 0 Å². The van der Waals surface area contributed by atoms with Crippen LogP contribution in [0.1, 0.15) is 25.7 Å². The number of hydrogen-bond donors (Lipinski definition) is 6. The largest absolute Gasteiger partial charge is 0.481 e. The molecule has 0 fully saturated rings. The van der Waals surface area contributed by atoms with Crippen LogP contribution in [0.5, 0.6) is 0 Å². The van der Waals surface area contributed by atoms with Crippen molar-refractivity contribution < 1.29 is 69.0 Å². The summed E-state index contributed by atoms with van der Waals surface area (Å²) < 4.78 is 0. The third kappa shape index (κ3) is 18.0. The summed E-state index contributed by atoms with van der Waals surface area (Å²) in [5, 5.41) is 54.0. The van der Waals surface area contributed by atoms with Crippen molar-refractivity contribution in [1.29, 1.82) is 0 Å². The van der Waals surface area contributed by atoms with Crippen molar-refractivity contribution in [3.8, 4) is 0 Å². The van der Waals surface area contributed by atoms with Gasteiger partial charge in [0.25, 0.3) is 0 Å². The van der Waals surface area contributed by atoms with Gasteiger partial charge in [-0.3, -0.25) is 48.2 Å². The van der Waals surface area contributed by atoms with Crippen molar-refractivity contribution in [3.63, 3.8) is 0 Å². The molecular weight excluding hydrogens is 544 g/mol. The van der Waals surface area contributed by atoms with Crippen LogP contribution in [0, 0.1) is 0 Å². The van der Waals surface area contributed by atoms with E-state index in [0.29, 0.717) is 0 Å². The van der Waals surface area contributed by atoms with E-state index in [1.54, 1.807) is 0 Å². The Hall–Kier alpha value is -4.32. The molecule has 0 aromatic carbocycles. The lowest BCUT2D eigenvalue weighted by molar-refractivity contribution is -0.145. The molecule has 0 unspecified atom stereocenters. The minimum absolute atomic E-state index is 0.255. The van der Waals surface area contributed by atoms with Gasteiger partial charge < -0.3 is 40.4 Å². The molecule has 0 aromatic rings. The number of rotatable bonds is 23. The van der Waals surface area contributed by atoms with E-state index in [1.165, 1.54) is 0 Å². The second-order valence-electron chi connectivity index (χ2n) is 8.55. The number of amides is 2. The molecule has 2 amide bonds. The number of hydrogen-bond acceptors (Lipinski definition) is 10. The molecule has 40 heavy (non-hydrogen) atoms. The van der Waals surface area contributed by atoms with Crippen LogP contribution >= 0.6 is 0 Å². The Morgan fingerprint density at radius 1 is 0.350 bits per heavy atom. The highest BCUT2D eigenvalue weighted by atomic mass is 16.4. The number of carboxylic acids is 6. The highest BCUT2D eigenvalue weighted by Gasteiger charge is 2.24. The zero-order valence-corrected chi connectivity index (χ0v) is 21.6. The van der Waals surface area contributed by atoms with Gasteiger partial charge in [-0.2, -0.15) is 0 Å². The van der Waals surface area contributed by atoms with Crippen molar-refractivity contribution in [2.75, 3.05) is 65.4 Å². The van der Waals surface area contributed by atoms with E-state index in [2.05, 4.69) is 0 Å². The Kier molecular flexibility index (Phi) is 16.8. The molecular formula is C22H34N4O14. The van der Waals surface area contributed by atoms with Gasteiger partial charge in [-0.25, -0.2) is 0 Å². The summed E-state index contributed by atoms with van der Waals surface area (Å²) in [5.41, 5.74) is 0. The zero-order valence-electron chi connectivity index (χ0n) is 21.6. The predicted molar refractivity (Wildman–Crippen MR) is 130 cm³/mol. The second-order valence-corrected chi connectivity index (χ2v) is 8.55. The van der Waals surface area contributed by atoms with Gasteiger partial charge >= 0.3 is 35.8 Å². The highest BCUT2D eigenvalue weighted by molar-refractivity contribution is 5.81. The Balaban J connectivity index is 5.56. The maximum atomic E-state index is 12.7. The van der Waals surface area contributed by atoms with Crippen LogP contribution in [0.2, 0.25) is 0 Å². The fraction of sp³-hybridized carbons (Fsp3) is 0.636. The summed E-state index contributed by atoms with van der Waals surface area (Å²) in [4.78, 5) is 95.9. The predicted octanol–water partition coefficient (Wildman–Crippen LogP) is -2.68. The molecule has 0 aliphatic heterocycles. The van der Waals surface area contributed by atoms with E-state index in [1.807, 2.05) is 0 Å². The van der Waals surface area contributed by atoms with Crippen molar-refractivity contribution >= 4 is 47.6 Å². The minimum atomic E-state index is -1.36. The third-order valence-corrected chi connectivity index (χ3v) is 5.26. The maximum Gasteiger partial charge on any atom is 0.317 e. The molecule has 0 aromatic heterocycles. The second kappa shape index (κ2) is 18.9. The topological polar surface area (TPSA) is 271 Å². The lowest BCUT2D eigenvalue weighted by Crippen LogP contribution is -2.48. The van der Waals surface area contributed by atoms with Crippen molar-refractivity contribution in [1.82, 2.24) is 19.6 Å². The molecule has 0 aliphatic carbocycles. The molecule has 0 radical (unpaired) electrons. The summed E-state index contributed by atoms with van der Waals surface area (Å²) in [6.45, 7) is -4.38. The van der Waals surface area contributed by atoms with Crippen LogP contribution in [0.15, 0.2) is 0 Å². The average molecular weight is 579 g/mol. The lowest BCUT2D eigenvalue weighted by atomic mass is 10.3. The van der Waals surface area contributed by atoms with E-state index in [4.69, 9.17) is 20.4 Å². The molecule has 0 saturated heterocycles. The third-order valence-electron chi connectivity index (χ3n) is 5.26. The van der Waals surface area contributed by atoms with Gasteiger partial charge in [-0.05, 0) is 0 Å². The molecule has 0 aliphatic rings. The molecule has 0 atom stereocenters. The first kappa shape index (κ1) is 35.7. The standard InChI is InChI=1S/C22H34N4O14/c27-15(25(5-1-17(29)30)6-2-18(31)32)11-23(13-21(37)38)9-10-24(14-22(39)40)12-16(28)26(7-3-19(33)34)8-4-20(35)36/h1-14H2,(H,29,30)(H,31,32)(H,33,34)(H,35,36)(H,37,38)(H,39,40). The molecule has 18 nitrogen and oxygen atoms in total. The van der Waals surface area contributed by atoms with E-state index >= 15 is 0 Å². The normalized spacial score (nSPS) is 10.8. The summed E-state index contributed by atoms with van der Waals surface area (Å²) >= 11 is 0. The van der Waals surface area contributed by atoms with Crippen LogP contribution in [-0.2, 0) is 38.4 Å². The van der Waals surface area contributed by atoms with Gasteiger partial charge in [0.15, 0.2) is 0 Å². The molecule has 226 valence electrons.